The molecule has 0 aliphatic rings. The van der Waals surface area contributed by atoms with Gasteiger partial charge in [0.1, 0.15) is 5.75 Å². The molecule has 0 fully saturated rings. The van der Waals surface area contributed by atoms with Crippen LogP contribution < -0.4 is 10.5 Å². The minimum Gasteiger partial charge on any atom is -0.405 e. The Bertz CT molecular complexity index is 686. The summed E-state index contributed by atoms with van der Waals surface area (Å²) in [7, 11) is 0. The molecule has 0 radical (unpaired) electrons. The first kappa shape index (κ1) is 15.2. The highest BCUT2D eigenvalue weighted by molar-refractivity contribution is 6.31. The lowest BCUT2D eigenvalue weighted by molar-refractivity contribution is -0.274. The number of halogens is 4. The Balaban J connectivity index is 2.44. The van der Waals surface area contributed by atoms with Gasteiger partial charge >= 0.3 is 6.36 Å². The molecule has 0 heterocycles. The van der Waals surface area contributed by atoms with E-state index in [9.17, 15) is 18.0 Å². The van der Waals surface area contributed by atoms with E-state index in [4.69, 9.17) is 17.3 Å². The summed E-state index contributed by atoms with van der Waals surface area (Å²) in [5.74, 6) is -1.26. The maximum absolute atomic E-state index is 12.3. The Morgan fingerprint density at radius 3 is 2.38 bits per heavy atom. The van der Waals surface area contributed by atoms with Gasteiger partial charge in [-0.05, 0) is 30.3 Å². The monoisotopic (exact) mass is 315 g/mol. The first-order chi connectivity index (χ1) is 9.78. The second kappa shape index (κ2) is 5.65. The fourth-order valence-corrected chi connectivity index (χ4v) is 1.93. The van der Waals surface area contributed by atoms with Crippen LogP contribution in [0.25, 0.3) is 0 Å². The van der Waals surface area contributed by atoms with Crippen molar-refractivity contribution in [2.75, 3.05) is 5.73 Å². The normalized spacial score (nSPS) is 11.2. The van der Waals surface area contributed by atoms with Gasteiger partial charge in [-0.15, -0.1) is 13.2 Å². The van der Waals surface area contributed by atoms with Crippen LogP contribution in [0.3, 0.4) is 0 Å². The summed E-state index contributed by atoms with van der Waals surface area (Å²) < 4.78 is 40.9. The number of rotatable bonds is 3. The predicted molar refractivity (Wildman–Crippen MR) is 72.4 cm³/mol. The molecule has 2 rings (SSSR count). The van der Waals surface area contributed by atoms with E-state index in [0.717, 1.165) is 6.07 Å². The average Bonchev–Trinajstić information content (AvgIpc) is 2.36. The van der Waals surface area contributed by atoms with Gasteiger partial charge in [0.2, 0.25) is 0 Å². The maximum atomic E-state index is 12.3. The third kappa shape index (κ3) is 3.66. The summed E-state index contributed by atoms with van der Waals surface area (Å²) in [6.45, 7) is 0. The molecular weight excluding hydrogens is 307 g/mol. The van der Waals surface area contributed by atoms with Gasteiger partial charge in [-0.25, -0.2) is 0 Å². The molecule has 0 aliphatic carbocycles. The van der Waals surface area contributed by atoms with Crippen molar-refractivity contribution in [3.8, 4) is 5.75 Å². The summed E-state index contributed by atoms with van der Waals surface area (Å²) in [4.78, 5) is 12.3. The largest absolute Gasteiger partial charge is 0.573 e. The van der Waals surface area contributed by atoms with Gasteiger partial charge in [0.25, 0.3) is 0 Å². The number of nitrogen functional groups attached to an aromatic ring is 1. The molecule has 0 aromatic heterocycles. The lowest BCUT2D eigenvalue weighted by Gasteiger charge is -2.13. The molecule has 0 unspecified atom stereocenters. The van der Waals surface area contributed by atoms with Crippen molar-refractivity contribution < 1.29 is 22.7 Å². The summed E-state index contributed by atoms with van der Waals surface area (Å²) >= 11 is 5.72. The van der Waals surface area contributed by atoms with E-state index >= 15 is 0 Å². The van der Waals surface area contributed by atoms with E-state index in [1.807, 2.05) is 0 Å². The molecule has 0 amide bonds. The van der Waals surface area contributed by atoms with Gasteiger partial charge in [0.15, 0.2) is 5.78 Å². The number of anilines is 1. The summed E-state index contributed by atoms with van der Waals surface area (Å²) in [5, 5.41) is 0.323. The number of nitrogens with two attached hydrogens (primary N) is 1. The Labute approximate surface area is 123 Å². The zero-order valence-electron chi connectivity index (χ0n) is 10.4. The molecule has 2 N–H and O–H groups in total. The molecule has 0 bridgehead atoms. The molecule has 2 aromatic rings. The van der Waals surface area contributed by atoms with Gasteiger partial charge < -0.3 is 10.5 Å². The standard InChI is InChI=1S/C14H9ClF3NO2/c15-8-5-6-9(11(19)7-8)13(20)10-3-1-2-4-12(10)21-14(16,17)18/h1-7H,19H2. The van der Waals surface area contributed by atoms with Gasteiger partial charge in [-0.1, -0.05) is 23.7 Å². The summed E-state index contributed by atoms with van der Waals surface area (Å²) in [5.41, 5.74) is 5.57. The van der Waals surface area contributed by atoms with Crippen LogP contribution in [0.4, 0.5) is 18.9 Å². The molecule has 0 saturated carbocycles. The van der Waals surface area contributed by atoms with E-state index < -0.39 is 17.9 Å². The van der Waals surface area contributed by atoms with Crippen LogP contribution >= 0.6 is 11.6 Å². The first-order valence-corrected chi connectivity index (χ1v) is 6.10. The van der Waals surface area contributed by atoms with Crippen LogP contribution in [0.2, 0.25) is 5.02 Å². The third-order valence-corrected chi connectivity index (χ3v) is 2.85. The minimum absolute atomic E-state index is 0.0534. The lowest BCUT2D eigenvalue weighted by Crippen LogP contribution is -2.19. The van der Waals surface area contributed by atoms with Crippen LogP contribution in [0.1, 0.15) is 15.9 Å². The van der Waals surface area contributed by atoms with Crippen LogP contribution in [-0.2, 0) is 0 Å². The number of carbonyl (C=O) groups is 1. The van der Waals surface area contributed by atoms with E-state index in [1.165, 1.54) is 36.4 Å². The van der Waals surface area contributed by atoms with Crippen LogP contribution in [0, 0.1) is 0 Å². The van der Waals surface area contributed by atoms with Crippen LogP contribution in [0.5, 0.6) is 5.75 Å². The number of ketones is 1. The molecule has 0 spiro atoms. The molecular formula is C14H9ClF3NO2. The van der Waals surface area contributed by atoms with Crippen LogP contribution in [-0.4, -0.2) is 12.1 Å². The number of hydrogen-bond donors (Lipinski definition) is 1. The highest BCUT2D eigenvalue weighted by Crippen LogP contribution is 2.29. The highest BCUT2D eigenvalue weighted by Gasteiger charge is 2.33. The quantitative estimate of drug-likeness (QED) is 0.686. The number of hydrogen-bond acceptors (Lipinski definition) is 3. The van der Waals surface area contributed by atoms with E-state index in [1.54, 1.807) is 0 Å². The predicted octanol–water partition coefficient (Wildman–Crippen LogP) is 4.05. The van der Waals surface area contributed by atoms with Crippen molar-refractivity contribution in [1.29, 1.82) is 0 Å². The Morgan fingerprint density at radius 1 is 1.10 bits per heavy atom. The van der Waals surface area contributed by atoms with E-state index in [0.29, 0.717) is 5.02 Å². The molecule has 2 aromatic carbocycles. The molecule has 0 saturated heterocycles. The smallest absolute Gasteiger partial charge is 0.405 e. The molecule has 21 heavy (non-hydrogen) atoms. The van der Waals surface area contributed by atoms with Crippen molar-refractivity contribution in [3.05, 3.63) is 58.6 Å². The fraction of sp³-hybridized carbons (Fsp3) is 0.0714. The number of alkyl halides is 3. The maximum Gasteiger partial charge on any atom is 0.573 e. The van der Waals surface area contributed by atoms with Crippen molar-refractivity contribution in [2.24, 2.45) is 0 Å². The fourth-order valence-electron chi connectivity index (χ4n) is 1.75. The molecule has 110 valence electrons. The summed E-state index contributed by atoms with van der Waals surface area (Å²) in [6.07, 6.45) is -4.89. The first-order valence-electron chi connectivity index (χ1n) is 5.72. The topological polar surface area (TPSA) is 52.3 Å². The van der Waals surface area contributed by atoms with Gasteiger partial charge in [0.05, 0.1) is 5.56 Å². The second-order valence-corrected chi connectivity index (χ2v) is 4.54. The van der Waals surface area contributed by atoms with Crippen molar-refractivity contribution in [1.82, 2.24) is 0 Å². The third-order valence-electron chi connectivity index (χ3n) is 2.62. The van der Waals surface area contributed by atoms with Gasteiger partial charge in [0, 0.05) is 16.3 Å². The lowest BCUT2D eigenvalue weighted by atomic mass is 10.0. The summed E-state index contributed by atoms with van der Waals surface area (Å²) in [6, 6.07) is 9.20. The van der Waals surface area contributed by atoms with E-state index in [-0.39, 0.29) is 16.8 Å². The Hall–Kier alpha value is -2.21. The number of para-hydroxylation sites is 1. The molecule has 3 nitrogen and oxygen atoms in total. The molecule has 7 heteroatoms. The minimum atomic E-state index is -4.89. The van der Waals surface area contributed by atoms with Crippen LogP contribution in [0.15, 0.2) is 42.5 Å². The highest BCUT2D eigenvalue weighted by atomic mass is 35.5. The number of benzene rings is 2. The Kier molecular flexibility index (Phi) is 4.09. The van der Waals surface area contributed by atoms with Crippen molar-refractivity contribution >= 4 is 23.1 Å². The van der Waals surface area contributed by atoms with Crippen molar-refractivity contribution in [3.63, 3.8) is 0 Å². The molecule has 0 aliphatic heterocycles. The second-order valence-electron chi connectivity index (χ2n) is 4.10. The van der Waals surface area contributed by atoms with E-state index in [2.05, 4.69) is 4.74 Å². The number of carbonyl (C=O) groups excluding carboxylic acids is 1. The van der Waals surface area contributed by atoms with Gasteiger partial charge in [-0.3, -0.25) is 4.79 Å². The Morgan fingerprint density at radius 2 is 1.76 bits per heavy atom. The van der Waals surface area contributed by atoms with Gasteiger partial charge in [-0.2, -0.15) is 0 Å². The number of ether oxygens (including phenoxy) is 1. The average molecular weight is 316 g/mol. The molecule has 0 atom stereocenters. The SMILES string of the molecule is Nc1cc(Cl)ccc1C(=O)c1ccccc1OC(F)(F)F. The van der Waals surface area contributed by atoms with Crippen molar-refractivity contribution in [2.45, 2.75) is 6.36 Å². The zero-order chi connectivity index (χ0) is 15.6. The zero-order valence-corrected chi connectivity index (χ0v) is 11.2.